The van der Waals surface area contributed by atoms with E-state index in [1.807, 2.05) is 25.1 Å². The number of hydrogen-bond donors (Lipinski definition) is 1. The molecule has 6 heteroatoms. The molecule has 0 aliphatic rings. The van der Waals surface area contributed by atoms with E-state index in [0.29, 0.717) is 17.8 Å². The zero-order valence-electron chi connectivity index (χ0n) is 9.83. The summed E-state index contributed by atoms with van der Waals surface area (Å²) in [7, 11) is 0. The van der Waals surface area contributed by atoms with Crippen molar-refractivity contribution in [2.75, 3.05) is 11.9 Å². The highest BCUT2D eigenvalue weighted by atomic mass is 16.6. The summed E-state index contributed by atoms with van der Waals surface area (Å²) in [5, 5.41) is 14.1. The first-order chi connectivity index (χ1) is 8.74. The van der Waals surface area contributed by atoms with E-state index in [1.54, 1.807) is 12.1 Å². The van der Waals surface area contributed by atoms with E-state index < -0.39 is 4.92 Å². The lowest BCUT2D eigenvalue weighted by Gasteiger charge is -2.06. The number of rotatable bonds is 4. The number of nitro groups is 1. The molecule has 6 nitrogen and oxygen atoms in total. The average Bonchev–Trinajstić information content (AvgIpc) is 2.39. The molecule has 0 atom stereocenters. The molecule has 0 bridgehead atoms. The number of nitrogens with zero attached hydrogens (tertiary/aromatic N) is 3. The highest BCUT2D eigenvalue weighted by molar-refractivity contribution is 5.76. The van der Waals surface area contributed by atoms with Crippen molar-refractivity contribution >= 4 is 11.5 Å². The fourth-order valence-corrected chi connectivity index (χ4v) is 1.66. The van der Waals surface area contributed by atoms with Crippen LogP contribution in [0.2, 0.25) is 0 Å². The largest absolute Gasteiger partial charge is 0.365 e. The maximum Gasteiger partial charge on any atom is 0.337 e. The molecule has 1 aromatic carbocycles. The molecule has 2 aromatic rings. The molecule has 1 heterocycles. The summed E-state index contributed by atoms with van der Waals surface area (Å²) in [5.74, 6) is 0.247. The van der Waals surface area contributed by atoms with Gasteiger partial charge in [0.2, 0.25) is 5.82 Å². The molecule has 0 radical (unpaired) electrons. The number of benzene rings is 1. The lowest BCUT2D eigenvalue weighted by atomic mass is 10.1. The van der Waals surface area contributed by atoms with Crippen molar-refractivity contribution in [3.05, 3.63) is 46.8 Å². The Bertz CT molecular complexity index is 557. The fraction of sp³-hybridized carbons (Fsp3) is 0.167. The van der Waals surface area contributed by atoms with Gasteiger partial charge in [-0.15, -0.1) is 0 Å². The van der Waals surface area contributed by atoms with Gasteiger partial charge < -0.3 is 5.32 Å². The van der Waals surface area contributed by atoms with Crippen LogP contribution in [0.5, 0.6) is 0 Å². The second-order valence-electron chi connectivity index (χ2n) is 3.57. The summed E-state index contributed by atoms with van der Waals surface area (Å²) in [6.45, 7) is 2.42. The molecule has 0 fully saturated rings. The van der Waals surface area contributed by atoms with Gasteiger partial charge in [-0.3, -0.25) is 10.1 Å². The van der Waals surface area contributed by atoms with E-state index in [1.165, 1.54) is 6.33 Å². The first-order valence-corrected chi connectivity index (χ1v) is 5.52. The number of anilines is 1. The van der Waals surface area contributed by atoms with Crippen LogP contribution in [0.15, 0.2) is 36.7 Å². The van der Waals surface area contributed by atoms with Crippen LogP contribution >= 0.6 is 0 Å². The summed E-state index contributed by atoms with van der Waals surface area (Å²) in [4.78, 5) is 18.7. The van der Waals surface area contributed by atoms with Crippen molar-refractivity contribution in [2.45, 2.75) is 6.92 Å². The molecule has 0 saturated carbocycles. The maximum atomic E-state index is 11.2. The predicted octanol–water partition coefficient (Wildman–Crippen LogP) is 2.48. The van der Waals surface area contributed by atoms with E-state index in [0.717, 1.165) is 0 Å². The van der Waals surface area contributed by atoms with Crippen molar-refractivity contribution in [3.63, 3.8) is 0 Å². The summed E-state index contributed by atoms with van der Waals surface area (Å²) in [6.07, 6.45) is 1.33. The van der Waals surface area contributed by atoms with Gasteiger partial charge in [0.15, 0.2) is 5.69 Å². The lowest BCUT2D eigenvalue weighted by Crippen LogP contribution is -2.06. The van der Waals surface area contributed by atoms with Gasteiger partial charge in [0.1, 0.15) is 6.33 Å². The first-order valence-electron chi connectivity index (χ1n) is 5.52. The maximum absolute atomic E-state index is 11.2. The van der Waals surface area contributed by atoms with Crippen molar-refractivity contribution in [1.29, 1.82) is 0 Å². The van der Waals surface area contributed by atoms with Gasteiger partial charge in [0, 0.05) is 12.1 Å². The minimum absolute atomic E-state index is 0.0921. The van der Waals surface area contributed by atoms with Crippen LogP contribution < -0.4 is 5.32 Å². The summed E-state index contributed by atoms with van der Waals surface area (Å²) in [5.41, 5.74) is 0.933. The van der Waals surface area contributed by atoms with E-state index >= 15 is 0 Å². The Kier molecular flexibility index (Phi) is 3.47. The Hall–Kier alpha value is -2.50. The van der Waals surface area contributed by atoms with Crippen LogP contribution in [0.4, 0.5) is 11.5 Å². The number of aromatic nitrogens is 2. The molecule has 0 amide bonds. The second-order valence-corrected chi connectivity index (χ2v) is 3.57. The summed E-state index contributed by atoms with van der Waals surface area (Å²) in [6, 6.07) is 9.04. The molecule has 2 rings (SSSR count). The third-order valence-electron chi connectivity index (χ3n) is 2.40. The van der Waals surface area contributed by atoms with Gasteiger partial charge in [-0.2, -0.15) is 0 Å². The third-order valence-corrected chi connectivity index (χ3v) is 2.40. The quantitative estimate of drug-likeness (QED) is 0.660. The molecule has 1 aromatic heterocycles. The average molecular weight is 244 g/mol. The highest BCUT2D eigenvalue weighted by Crippen LogP contribution is 2.32. The Morgan fingerprint density at radius 2 is 2.00 bits per heavy atom. The Labute approximate surface area is 104 Å². The Morgan fingerprint density at radius 1 is 1.28 bits per heavy atom. The molecule has 0 aliphatic heterocycles. The Morgan fingerprint density at radius 3 is 2.61 bits per heavy atom. The van der Waals surface area contributed by atoms with Crippen LogP contribution in [-0.4, -0.2) is 21.4 Å². The standard InChI is InChI=1S/C12H12N4O2/c1-2-13-12-11(16(17)18)10(14-8-15-12)9-6-4-3-5-7-9/h3-8H,2H2,1H3,(H,13,14,15). The molecule has 0 aliphatic carbocycles. The molecular weight excluding hydrogens is 232 g/mol. The fourth-order valence-electron chi connectivity index (χ4n) is 1.66. The van der Waals surface area contributed by atoms with Crippen LogP contribution in [0, 0.1) is 10.1 Å². The zero-order valence-corrected chi connectivity index (χ0v) is 9.83. The first kappa shape index (κ1) is 12.0. The van der Waals surface area contributed by atoms with E-state index in [2.05, 4.69) is 15.3 Å². The molecule has 1 N–H and O–H groups in total. The monoisotopic (exact) mass is 244 g/mol. The summed E-state index contributed by atoms with van der Waals surface area (Å²) >= 11 is 0. The molecule has 0 saturated heterocycles. The molecular formula is C12H12N4O2. The van der Waals surface area contributed by atoms with Crippen molar-refractivity contribution in [2.24, 2.45) is 0 Å². The van der Waals surface area contributed by atoms with Crippen molar-refractivity contribution in [3.8, 4) is 11.3 Å². The van der Waals surface area contributed by atoms with Crippen LogP contribution in [0.25, 0.3) is 11.3 Å². The zero-order chi connectivity index (χ0) is 13.0. The van der Waals surface area contributed by atoms with Gasteiger partial charge in [-0.25, -0.2) is 9.97 Å². The van der Waals surface area contributed by atoms with E-state index in [9.17, 15) is 10.1 Å². The number of hydrogen-bond acceptors (Lipinski definition) is 5. The van der Waals surface area contributed by atoms with Gasteiger partial charge >= 0.3 is 5.69 Å². The molecule has 18 heavy (non-hydrogen) atoms. The second kappa shape index (κ2) is 5.22. The lowest BCUT2D eigenvalue weighted by molar-refractivity contribution is -0.383. The van der Waals surface area contributed by atoms with Gasteiger partial charge in [-0.05, 0) is 6.92 Å². The smallest absolute Gasteiger partial charge is 0.337 e. The normalized spacial score (nSPS) is 10.1. The predicted molar refractivity (Wildman–Crippen MR) is 68.3 cm³/mol. The summed E-state index contributed by atoms with van der Waals surface area (Å²) < 4.78 is 0. The van der Waals surface area contributed by atoms with Crippen LogP contribution in [0.1, 0.15) is 6.92 Å². The van der Waals surface area contributed by atoms with Gasteiger partial charge in [0.25, 0.3) is 0 Å². The van der Waals surface area contributed by atoms with Crippen LogP contribution in [-0.2, 0) is 0 Å². The molecule has 92 valence electrons. The molecule has 0 unspecified atom stereocenters. The van der Waals surface area contributed by atoms with E-state index in [4.69, 9.17) is 0 Å². The van der Waals surface area contributed by atoms with Crippen molar-refractivity contribution < 1.29 is 4.92 Å². The Balaban J connectivity index is 2.60. The van der Waals surface area contributed by atoms with Gasteiger partial charge in [0.05, 0.1) is 4.92 Å². The SMILES string of the molecule is CCNc1ncnc(-c2ccccc2)c1[N+](=O)[O-]. The third kappa shape index (κ3) is 2.27. The number of nitrogens with one attached hydrogen (secondary N) is 1. The highest BCUT2D eigenvalue weighted by Gasteiger charge is 2.23. The van der Waals surface area contributed by atoms with E-state index in [-0.39, 0.29) is 11.5 Å². The minimum Gasteiger partial charge on any atom is -0.365 e. The minimum atomic E-state index is -0.458. The topological polar surface area (TPSA) is 81.0 Å². The molecule has 0 spiro atoms. The van der Waals surface area contributed by atoms with Crippen LogP contribution in [0.3, 0.4) is 0 Å². The van der Waals surface area contributed by atoms with Crippen molar-refractivity contribution in [1.82, 2.24) is 9.97 Å². The van der Waals surface area contributed by atoms with Gasteiger partial charge in [-0.1, -0.05) is 30.3 Å².